The molecular weight excluding hydrogens is 486 g/mol. The van der Waals surface area contributed by atoms with Crippen LogP contribution >= 0.6 is 0 Å². The lowest BCUT2D eigenvalue weighted by Crippen LogP contribution is -2.54. The first-order valence-electron chi connectivity index (χ1n) is 13.3. The molecule has 202 valence electrons. The molecule has 1 N–H and O–H groups in total. The van der Waals surface area contributed by atoms with Crippen LogP contribution in [0.15, 0.2) is 48.5 Å². The highest BCUT2D eigenvalue weighted by Gasteiger charge is 2.32. The van der Waals surface area contributed by atoms with E-state index in [2.05, 4.69) is 5.32 Å². The minimum atomic E-state index is -3.73. The van der Waals surface area contributed by atoms with Gasteiger partial charge in [-0.05, 0) is 68.4 Å². The molecule has 3 rings (SSSR count). The molecule has 2 aromatic rings. The standard InChI is InChI=1S/C29H41N3O4S/c1-5-27(29(34)30-25-14-10-7-11-15-25)31(19-18-24-12-8-6-9-13-24)28(33)21-32(37(4,35)36)26-17-16-22(2)23(3)20-26/h6,8-9,12-13,16-17,20,25,27H,5,7,10-11,14-15,18-19,21H2,1-4H3,(H,30,34)/t27-/m0/s1. The van der Waals surface area contributed by atoms with Crippen LogP contribution in [0, 0.1) is 13.8 Å². The molecule has 0 unspecified atom stereocenters. The van der Waals surface area contributed by atoms with E-state index in [1.54, 1.807) is 17.0 Å². The van der Waals surface area contributed by atoms with Crippen LogP contribution in [-0.4, -0.2) is 56.6 Å². The van der Waals surface area contributed by atoms with E-state index in [0.29, 0.717) is 25.1 Å². The molecule has 7 nitrogen and oxygen atoms in total. The van der Waals surface area contributed by atoms with Gasteiger partial charge in [-0.25, -0.2) is 8.42 Å². The monoisotopic (exact) mass is 527 g/mol. The number of nitrogens with zero attached hydrogens (tertiary/aromatic N) is 2. The van der Waals surface area contributed by atoms with E-state index in [0.717, 1.165) is 52.9 Å². The molecule has 0 bridgehead atoms. The van der Waals surface area contributed by atoms with Gasteiger partial charge in [0.05, 0.1) is 11.9 Å². The molecule has 8 heteroatoms. The molecule has 0 spiro atoms. The van der Waals surface area contributed by atoms with Crippen molar-refractivity contribution < 1.29 is 18.0 Å². The second-order valence-electron chi connectivity index (χ2n) is 10.1. The quantitative estimate of drug-likeness (QED) is 0.470. The fraction of sp³-hybridized carbons (Fsp3) is 0.517. The van der Waals surface area contributed by atoms with Crippen LogP contribution in [0.2, 0.25) is 0 Å². The largest absolute Gasteiger partial charge is 0.352 e. The highest BCUT2D eigenvalue weighted by molar-refractivity contribution is 7.92. The zero-order chi connectivity index (χ0) is 27.0. The summed E-state index contributed by atoms with van der Waals surface area (Å²) in [6.45, 7) is 5.73. The average Bonchev–Trinajstić information content (AvgIpc) is 2.87. The predicted molar refractivity (Wildman–Crippen MR) is 149 cm³/mol. The Bertz CT molecular complexity index is 1160. The molecule has 0 aromatic heterocycles. The molecule has 0 aliphatic heterocycles. The van der Waals surface area contributed by atoms with Crippen LogP contribution in [0.1, 0.15) is 62.1 Å². The summed E-state index contributed by atoms with van der Waals surface area (Å²) in [5.74, 6) is -0.543. The van der Waals surface area contributed by atoms with E-state index in [-0.39, 0.29) is 24.4 Å². The van der Waals surface area contributed by atoms with Crippen LogP contribution in [0.3, 0.4) is 0 Å². The van der Waals surface area contributed by atoms with Crippen molar-refractivity contribution in [1.82, 2.24) is 10.2 Å². The SMILES string of the molecule is CC[C@@H](C(=O)NC1CCCCC1)N(CCc1ccccc1)C(=O)CN(c1ccc(C)c(C)c1)S(C)(=O)=O. The van der Waals surface area contributed by atoms with Crippen molar-refractivity contribution in [3.05, 3.63) is 65.2 Å². The Morgan fingerprint density at radius 2 is 1.68 bits per heavy atom. The van der Waals surface area contributed by atoms with Gasteiger partial charge in [-0.1, -0.05) is 62.6 Å². The Labute approximate surface area is 222 Å². The smallest absolute Gasteiger partial charge is 0.244 e. The van der Waals surface area contributed by atoms with E-state index < -0.39 is 16.1 Å². The van der Waals surface area contributed by atoms with Crippen molar-refractivity contribution in [2.24, 2.45) is 0 Å². The summed E-state index contributed by atoms with van der Waals surface area (Å²) in [6, 6.07) is 14.6. The average molecular weight is 528 g/mol. The summed E-state index contributed by atoms with van der Waals surface area (Å²) in [6.07, 6.45) is 7.41. The van der Waals surface area contributed by atoms with Gasteiger partial charge in [0.1, 0.15) is 12.6 Å². The van der Waals surface area contributed by atoms with Crippen molar-refractivity contribution in [1.29, 1.82) is 0 Å². The minimum Gasteiger partial charge on any atom is -0.352 e. The van der Waals surface area contributed by atoms with Crippen molar-refractivity contribution in [2.75, 3.05) is 23.7 Å². The first kappa shape index (κ1) is 28.7. The van der Waals surface area contributed by atoms with Crippen LogP contribution < -0.4 is 9.62 Å². The number of nitrogens with one attached hydrogen (secondary N) is 1. The van der Waals surface area contributed by atoms with Gasteiger partial charge in [-0.2, -0.15) is 0 Å². The fourth-order valence-corrected chi connectivity index (χ4v) is 5.78. The Morgan fingerprint density at radius 1 is 1.00 bits per heavy atom. The fourth-order valence-electron chi connectivity index (χ4n) is 4.93. The van der Waals surface area contributed by atoms with Crippen LogP contribution in [0.4, 0.5) is 5.69 Å². The first-order chi connectivity index (χ1) is 17.6. The summed E-state index contributed by atoms with van der Waals surface area (Å²) in [4.78, 5) is 28.8. The lowest BCUT2D eigenvalue weighted by atomic mass is 9.95. The normalized spacial score (nSPS) is 15.1. The van der Waals surface area contributed by atoms with E-state index in [1.165, 1.54) is 6.42 Å². The Hall–Kier alpha value is -2.87. The van der Waals surface area contributed by atoms with Gasteiger partial charge in [-0.3, -0.25) is 13.9 Å². The number of hydrogen-bond acceptors (Lipinski definition) is 4. The van der Waals surface area contributed by atoms with Gasteiger partial charge in [0.2, 0.25) is 21.8 Å². The summed E-state index contributed by atoms with van der Waals surface area (Å²) >= 11 is 0. The number of benzene rings is 2. The third kappa shape index (κ3) is 8.06. The van der Waals surface area contributed by atoms with Crippen molar-refractivity contribution in [2.45, 2.75) is 77.8 Å². The molecule has 1 atom stereocenters. The Balaban J connectivity index is 1.87. The predicted octanol–water partition coefficient (Wildman–Crippen LogP) is 4.37. The van der Waals surface area contributed by atoms with Crippen molar-refractivity contribution >= 4 is 27.5 Å². The zero-order valence-electron chi connectivity index (χ0n) is 22.6. The molecule has 1 saturated carbocycles. The molecule has 37 heavy (non-hydrogen) atoms. The number of hydrogen-bond donors (Lipinski definition) is 1. The van der Waals surface area contributed by atoms with Crippen molar-refractivity contribution in [3.8, 4) is 0 Å². The minimum absolute atomic E-state index is 0.129. The lowest BCUT2D eigenvalue weighted by Gasteiger charge is -2.34. The third-order valence-electron chi connectivity index (χ3n) is 7.28. The van der Waals surface area contributed by atoms with Gasteiger partial charge in [0, 0.05) is 12.6 Å². The molecule has 2 amide bonds. The summed E-state index contributed by atoms with van der Waals surface area (Å²) < 4.78 is 26.7. The maximum absolute atomic E-state index is 13.8. The van der Waals surface area contributed by atoms with Gasteiger partial charge in [0.25, 0.3) is 0 Å². The van der Waals surface area contributed by atoms with Crippen LogP contribution in [-0.2, 0) is 26.0 Å². The maximum atomic E-state index is 13.8. The number of anilines is 1. The molecule has 1 aliphatic rings. The van der Waals surface area contributed by atoms with Gasteiger partial charge >= 0.3 is 0 Å². The topological polar surface area (TPSA) is 86.8 Å². The number of sulfonamides is 1. The molecule has 0 heterocycles. The molecule has 2 aromatic carbocycles. The summed E-state index contributed by atoms with van der Waals surface area (Å²) in [7, 11) is -3.73. The van der Waals surface area contributed by atoms with E-state index in [9.17, 15) is 18.0 Å². The van der Waals surface area contributed by atoms with Crippen LogP contribution in [0.5, 0.6) is 0 Å². The van der Waals surface area contributed by atoms with Gasteiger partial charge in [0.15, 0.2) is 0 Å². The number of carbonyl (C=O) groups excluding carboxylic acids is 2. The molecule has 0 radical (unpaired) electrons. The molecule has 0 saturated heterocycles. The van der Waals surface area contributed by atoms with E-state index in [4.69, 9.17) is 0 Å². The van der Waals surface area contributed by atoms with E-state index in [1.807, 2.05) is 57.2 Å². The third-order valence-corrected chi connectivity index (χ3v) is 8.42. The van der Waals surface area contributed by atoms with Gasteiger partial charge in [-0.15, -0.1) is 0 Å². The number of aryl methyl sites for hydroxylation is 2. The molecular formula is C29H41N3O4S. The Kier molecular flexibility index (Phi) is 10.1. The lowest BCUT2D eigenvalue weighted by molar-refractivity contribution is -0.140. The zero-order valence-corrected chi connectivity index (χ0v) is 23.4. The summed E-state index contributed by atoms with van der Waals surface area (Å²) in [5.41, 5.74) is 3.48. The second kappa shape index (κ2) is 13.1. The summed E-state index contributed by atoms with van der Waals surface area (Å²) in [5, 5.41) is 3.17. The highest BCUT2D eigenvalue weighted by atomic mass is 32.2. The van der Waals surface area contributed by atoms with E-state index >= 15 is 0 Å². The van der Waals surface area contributed by atoms with Crippen LogP contribution in [0.25, 0.3) is 0 Å². The number of rotatable bonds is 11. The number of carbonyl (C=O) groups is 2. The van der Waals surface area contributed by atoms with Crippen molar-refractivity contribution in [3.63, 3.8) is 0 Å². The number of amides is 2. The second-order valence-corrected chi connectivity index (χ2v) is 12.0. The Morgan fingerprint density at radius 3 is 2.27 bits per heavy atom. The van der Waals surface area contributed by atoms with Gasteiger partial charge < -0.3 is 10.2 Å². The first-order valence-corrected chi connectivity index (χ1v) is 15.1. The highest BCUT2D eigenvalue weighted by Crippen LogP contribution is 2.23. The molecule has 1 fully saturated rings. The maximum Gasteiger partial charge on any atom is 0.244 e. The molecule has 1 aliphatic carbocycles.